The molecule has 3 N–H and O–H groups in total. The first-order valence-corrected chi connectivity index (χ1v) is 6.99. The molecule has 1 amide bonds. The highest BCUT2D eigenvalue weighted by atomic mass is 16.1. The SMILES string of the molecule is Cc1[nH]c2ccccc2c1CC(=O)NC(C)c1cn[nH]c1. The average molecular weight is 282 g/mol. The van der Waals surface area contributed by atoms with Crippen molar-refractivity contribution in [3.8, 4) is 0 Å². The molecule has 3 rings (SSSR count). The predicted molar refractivity (Wildman–Crippen MR) is 81.9 cm³/mol. The maximum absolute atomic E-state index is 12.3. The zero-order valence-corrected chi connectivity index (χ0v) is 12.1. The number of hydrogen-bond acceptors (Lipinski definition) is 2. The number of nitrogens with zero attached hydrogens (tertiary/aromatic N) is 1. The molecular formula is C16H18N4O. The lowest BCUT2D eigenvalue weighted by atomic mass is 10.1. The van der Waals surface area contributed by atoms with Crippen molar-refractivity contribution in [2.45, 2.75) is 26.3 Å². The number of para-hydroxylation sites is 1. The van der Waals surface area contributed by atoms with Crippen LogP contribution >= 0.6 is 0 Å². The Kier molecular flexibility index (Phi) is 3.48. The molecule has 108 valence electrons. The van der Waals surface area contributed by atoms with Crippen LogP contribution in [-0.4, -0.2) is 21.1 Å². The van der Waals surface area contributed by atoms with Crippen molar-refractivity contribution in [1.82, 2.24) is 20.5 Å². The number of carbonyl (C=O) groups excluding carboxylic acids is 1. The summed E-state index contributed by atoms with van der Waals surface area (Å²) >= 11 is 0. The van der Waals surface area contributed by atoms with E-state index in [0.717, 1.165) is 27.7 Å². The van der Waals surface area contributed by atoms with E-state index in [4.69, 9.17) is 0 Å². The van der Waals surface area contributed by atoms with Crippen LogP contribution in [0.3, 0.4) is 0 Å². The van der Waals surface area contributed by atoms with Gasteiger partial charge in [0, 0.05) is 28.4 Å². The van der Waals surface area contributed by atoms with Gasteiger partial charge in [0.1, 0.15) is 0 Å². The van der Waals surface area contributed by atoms with Crippen molar-refractivity contribution in [1.29, 1.82) is 0 Å². The summed E-state index contributed by atoms with van der Waals surface area (Å²) in [5.74, 6) is 0.0107. The molecule has 1 unspecified atom stereocenters. The van der Waals surface area contributed by atoms with Gasteiger partial charge in [0.05, 0.1) is 18.7 Å². The second-order valence-electron chi connectivity index (χ2n) is 5.27. The summed E-state index contributed by atoms with van der Waals surface area (Å²) in [5.41, 5.74) is 4.14. The fourth-order valence-corrected chi connectivity index (χ4v) is 2.60. The number of aromatic nitrogens is 3. The topological polar surface area (TPSA) is 73.6 Å². The van der Waals surface area contributed by atoms with Gasteiger partial charge in [0.15, 0.2) is 0 Å². The van der Waals surface area contributed by atoms with Crippen molar-refractivity contribution in [3.63, 3.8) is 0 Å². The van der Waals surface area contributed by atoms with Crippen LogP contribution in [-0.2, 0) is 11.2 Å². The Balaban J connectivity index is 1.76. The molecule has 0 bridgehead atoms. The zero-order chi connectivity index (χ0) is 14.8. The van der Waals surface area contributed by atoms with E-state index in [1.165, 1.54) is 0 Å². The second-order valence-corrected chi connectivity index (χ2v) is 5.27. The number of hydrogen-bond donors (Lipinski definition) is 3. The van der Waals surface area contributed by atoms with Gasteiger partial charge in [-0.25, -0.2) is 0 Å². The zero-order valence-electron chi connectivity index (χ0n) is 12.1. The normalized spacial score (nSPS) is 12.5. The Hall–Kier alpha value is -2.56. The third-order valence-corrected chi connectivity index (χ3v) is 3.76. The Morgan fingerprint density at radius 3 is 2.95 bits per heavy atom. The molecule has 2 aromatic heterocycles. The van der Waals surface area contributed by atoms with Gasteiger partial charge in [0.25, 0.3) is 0 Å². The molecule has 3 aromatic rings. The third-order valence-electron chi connectivity index (χ3n) is 3.76. The number of carbonyl (C=O) groups is 1. The van der Waals surface area contributed by atoms with Crippen LogP contribution in [0.25, 0.3) is 10.9 Å². The molecule has 0 fully saturated rings. The van der Waals surface area contributed by atoms with Gasteiger partial charge in [-0.2, -0.15) is 5.10 Å². The Bertz CT molecular complexity index is 758. The first-order valence-electron chi connectivity index (χ1n) is 6.99. The van der Waals surface area contributed by atoms with E-state index in [1.54, 1.807) is 12.4 Å². The minimum atomic E-state index is -0.0539. The summed E-state index contributed by atoms with van der Waals surface area (Å²) in [6, 6.07) is 7.99. The van der Waals surface area contributed by atoms with Crippen molar-refractivity contribution in [3.05, 3.63) is 53.5 Å². The van der Waals surface area contributed by atoms with E-state index in [2.05, 4.69) is 20.5 Å². The predicted octanol–water partition coefficient (Wildman–Crippen LogP) is 2.62. The molecule has 5 nitrogen and oxygen atoms in total. The minimum Gasteiger partial charge on any atom is -0.358 e. The summed E-state index contributed by atoms with van der Waals surface area (Å²) in [6.07, 6.45) is 3.89. The Labute approximate surface area is 122 Å². The molecule has 0 aliphatic carbocycles. The van der Waals surface area contributed by atoms with Crippen LogP contribution in [0.1, 0.15) is 29.8 Å². The van der Waals surface area contributed by atoms with Crippen LogP contribution in [0.5, 0.6) is 0 Å². The number of aromatic amines is 2. The van der Waals surface area contributed by atoms with Gasteiger partial charge < -0.3 is 10.3 Å². The van der Waals surface area contributed by atoms with E-state index in [1.807, 2.05) is 38.1 Å². The van der Waals surface area contributed by atoms with E-state index in [0.29, 0.717) is 6.42 Å². The van der Waals surface area contributed by atoms with Crippen molar-refractivity contribution >= 4 is 16.8 Å². The number of nitrogens with one attached hydrogen (secondary N) is 3. The lowest BCUT2D eigenvalue weighted by molar-refractivity contribution is -0.121. The fourth-order valence-electron chi connectivity index (χ4n) is 2.60. The lowest BCUT2D eigenvalue weighted by Crippen LogP contribution is -2.28. The van der Waals surface area contributed by atoms with Crippen LogP contribution in [0.15, 0.2) is 36.7 Å². The molecule has 0 aliphatic rings. The quantitative estimate of drug-likeness (QED) is 0.688. The Morgan fingerprint density at radius 1 is 1.38 bits per heavy atom. The average Bonchev–Trinajstić information content (AvgIpc) is 3.08. The van der Waals surface area contributed by atoms with Crippen LogP contribution in [0, 0.1) is 6.92 Å². The molecule has 0 aliphatic heterocycles. The number of H-pyrrole nitrogens is 2. The van der Waals surface area contributed by atoms with Gasteiger partial charge in [-0.05, 0) is 25.5 Å². The highest BCUT2D eigenvalue weighted by molar-refractivity contribution is 5.90. The van der Waals surface area contributed by atoms with Gasteiger partial charge >= 0.3 is 0 Å². The summed E-state index contributed by atoms with van der Waals surface area (Å²) in [6.45, 7) is 3.95. The molecule has 2 heterocycles. The molecular weight excluding hydrogens is 264 g/mol. The summed E-state index contributed by atoms with van der Waals surface area (Å²) in [4.78, 5) is 15.6. The van der Waals surface area contributed by atoms with E-state index in [-0.39, 0.29) is 11.9 Å². The number of rotatable bonds is 4. The molecule has 0 radical (unpaired) electrons. The van der Waals surface area contributed by atoms with Crippen molar-refractivity contribution in [2.24, 2.45) is 0 Å². The Morgan fingerprint density at radius 2 is 2.19 bits per heavy atom. The largest absolute Gasteiger partial charge is 0.358 e. The minimum absolute atomic E-state index is 0.0107. The van der Waals surface area contributed by atoms with Crippen LogP contribution < -0.4 is 5.32 Å². The molecule has 0 saturated heterocycles. The number of fused-ring (bicyclic) bond motifs is 1. The van der Waals surface area contributed by atoms with Crippen molar-refractivity contribution < 1.29 is 4.79 Å². The van der Waals surface area contributed by atoms with E-state index >= 15 is 0 Å². The molecule has 0 saturated carbocycles. The smallest absolute Gasteiger partial charge is 0.224 e. The lowest BCUT2D eigenvalue weighted by Gasteiger charge is -2.12. The molecule has 21 heavy (non-hydrogen) atoms. The van der Waals surface area contributed by atoms with Gasteiger partial charge in [-0.3, -0.25) is 9.89 Å². The maximum atomic E-state index is 12.3. The van der Waals surface area contributed by atoms with Gasteiger partial charge in [-0.1, -0.05) is 18.2 Å². The summed E-state index contributed by atoms with van der Waals surface area (Å²) in [5, 5.41) is 10.8. The molecule has 1 aromatic carbocycles. The molecule has 1 atom stereocenters. The van der Waals surface area contributed by atoms with E-state index < -0.39 is 0 Å². The second kappa shape index (κ2) is 5.44. The third kappa shape index (κ3) is 2.67. The monoisotopic (exact) mass is 282 g/mol. The fraction of sp³-hybridized carbons (Fsp3) is 0.250. The standard InChI is InChI=1S/C16H18N4O/c1-10(12-8-17-18-9-12)20-16(21)7-14-11(2)19-15-6-4-3-5-13(14)15/h3-6,8-10,19H,7H2,1-2H3,(H,17,18)(H,20,21). The summed E-state index contributed by atoms with van der Waals surface area (Å²) in [7, 11) is 0. The van der Waals surface area contributed by atoms with E-state index in [9.17, 15) is 4.79 Å². The summed E-state index contributed by atoms with van der Waals surface area (Å²) < 4.78 is 0. The molecule has 0 spiro atoms. The van der Waals surface area contributed by atoms with Crippen LogP contribution in [0.4, 0.5) is 0 Å². The van der Waals surface area contributed by atoms with Gasteiger partial charge in [0.2, 0.25) is 5.91 Å². The molecule has 5 heteroatoms. The maximum Gasteiger partial charge on any atom is 0.224 e. The first kappa shape index (κ1) is 13.4. The highest BCUT2D eigenvalue weighted by Gasteiger charge is 2.15. The van der Waals surface area contributed by atoms with Crippen LogP contribution in [0.2, 0.25) is 0 Å². The number of aryl methyl sites for hydroxylation is 1. The number of benzene rings is 1. The van der Waals surface area contributed by atoms with Gasteiger partial charge in [-0.15, -0.1) is 0 Å². The van der Waals surface area contributed by atoms with Crippen molar-refractivity contribution in [2.75, 3.05) is 0 Å². The number of amides is 1. The first-order chi connectivity index (χ1) is 10.1. The highest BCUT2D eigenvalue weighted by Crippen LogP contribution is 2.22.